The number of benzene rings is 1. The van der Waals surface area contributed by atoms with Crippen LogP contribution in [0.4, 0.5) is 0 Å². The quantitative estimate of drug-likeness (QED) is 0.611. The molecule has 24 heavy (non-hydrogen) atoms. The third-order valence-electron chi connectivity index (χ3n) is 3.99. The fraction of sp³-hybridized carbons (Fsp3) is 0.190. The number of hydrogen-bond acceptors (Lipinski definition) is 3. The zero-order valence-electron chi connectivity index (χ0n) is 14.3. The lowest BCUT2D eigenvalue weighted by molar-refractivity contribution is 0.451. The minimum absolute atomic E-state index is 0.662. The summed E-state index contributed by atoms with van der Waals surface area (Å²) in [6.45, 7) is 15.8. The van der Waals surface area contributed by atoms with Crippen molar-refractivity contribution in [1.29, 1.82) is 0 Å². The summed E-state index contributed by atoms with van der Waals surface area (Å²) in [5.74, 6) is 0. The minimum atomic E-state index is 0.662. The number of aryl methyl sites for hydroxylation is 1. The molecule has 0 saturated heterocycles. The van der Waals surface area contributed by atoms with Crippen LogP contribution < -0.4 is 5.73 Å². The van der Waals surface area contributed by atoms with Gasteiger partial charge in [-0.3, -0.25) is 4.99 Å². The molecule has 0 saturated carbocycles. The summed E-state index contributed by atoms with van der Waals surface area (Å²) in [6, 6.07) is 8.40. The molecular formula is C21H25N3. The number of nitrogens with zero attached hydrogens (tertiary/aromatic N) is 2. The van der Waals surface area contributed by atoms with Gasteiger partial charge in [-0.25, -0.2) is 0 Å². The maximum atomic E-state index is 6.15. The highest BCUT2D eigenvalue weighted by molar-refractivity contribution is 5.81. The lowest BCUT2D eigenvalue weighted by Crippen LogP contribution is -2.20. The number of rotatable bonds is 7. The Bertz CT molecular complexity index is 708. The van der Waals surface area contributed by atoms with E-state index in [4.69, 9.17) is 5.73 Å². The molecule has 0 aromatic heterocycles. The van der Waals surface area contributed by atoms with Crippen LogP contribution in [0.5, 0.6) is 0 Å². The van der Waals surface area contributed by atoms with E-state index >= 15 is 0 Å². The largest absolute Gasteiger partial charge is 0.400 e. The second kappa shape index (κ2) is 8.16. The Kier molecular flexibility index (Phi) is 5.96. The molecule has 3 heteroatoms. The average molecular weight is 319 g/mol. The van der Waals surface area contributed by atoms with Gasteiger partial charge in [0.15, 0.2) is 0 Å². The van der Waals surface area contributed by atoms with Crippen molar-refractivity contribution in [1.82, 2.24) is 4.90 Å². The van der Waals surface area contributed by atoms with Gasteiger partial charge in [0, 0.05) is 29.7 Å². The monoisotopic (exact) mass is 319 g/mol. The van der Waals surface area contributed by atoms with Gasteiger partial charge in [0.25, 0.3) is 0 Å². The molecule has 1 heterocycles. The molecule has 1 aromatic carbocycles. The first-order chi connectivity index (χ1) is 11.5. The van der Waals surface area contributed by atoms with Crippen LogP contribution in [0.25, 0.3) is 0 Å². The van der Waals surface area contributed by atoms with Crippen molar-refractivity contribution in [3.8, 4) is 0 Å². The standard InChI is InChI=1S/C21H25N3/c1-5-18(6-2)11-17(4)24-14-20(21(22)15-24)13-23-12-19-9-7-16(3)8-10-19/h5-11,13H,1-2,4,12,14-15,22H2,3H3. The van der Waals surface area contributed by atoms with Crippen LogP contribution in [-0.4, -0.2) is 24.2 Å². The molecule has 0 unspecified atom stereocenters. The summed E-state index contributed by atoms with van der Waals surface area (Å²) in [6.07, 6.45) is 7.36. The van der Waals surface area contributed by atoms with Crippen molar-refractivity contribution >= 4 is 6.21 Å². The lowest BCUT2D eigenvalue weighted by Gasteiger charge is -2.18. The number of hydrogen-bond donors (Lipinski definition) is 1. The van der Waals surface area contributed by atoms with Gasteiger partial charge >= 0.3 is 0 Å². The molecule has 0 fully saturated rings. The van der Waals surface area contributed by atoms with Gasteiger partial charge in [0.1, 0.15) is 0 Å². The van der Waals surface area contributed by atoms with E-state index in [2.05, 4.69) is 60.8 Å². The second-order valence-electron chi connectivity index (χ2n) is 5.91. The molecule has 0 bridgehead atoms. The summed E-state index contributed by atoms with van der Waals surface area (Å²) >= 11 is 0. The van der Waals surface area contributed by atoms with Crippen LogP contribution in [-0.2, 0) is 6.54 Å². The maximum absolute atomic E-state index is 6.15. The summed E-state index contributed by atoms with van der Waals surface area (Å²) < 4.78 is 0. The van der Waals surface area contributed by atoms with Gasteiger partial charge in [0.05, 0.1) is 13.1 Å². The Labute approximate surface area is 144 Å². The van der Waals surface area contributed by atoms with Crippen molar-refractivity contribution in [3.63, 3.8) is 0 Å². The first-order valence-corrected chi connectivity index (χ1v) is 7.96. The number of aliphatic imine (C=N–C) groups is 1. The van der Waals surface area contributed by atoms with E-state index in [1.807, 2.05) is 12.3 Å². The maximum Gasteiger partial charge on any atom is 0.0639 e. The van der Waals surface area contributed by atoms with E-state index in [-0.39, 0.29) is 0 Å². The van der Waals surface area contributed by atoms with Crippen molar-refractivity contribution in [2.24, 2.45) is 10.7 Å². The Hall–Kier alpha value is -2.81. The molecule has 3 nitrogen and oxygen atoms in total. The van der Waals surface area contributed by atoms with Crippen LogP contribution in [0, 0.1) is 6.92 Å². The normalized spacial score (nSPS) is 14.1. The topological polar surface area (TPSA) is 41.6 Å². The Balaban J connectivity index is 1.96. The SMILES string of the molecule is C=CC(C=C)=CC(=C)N1CC(N)=C(C=NCc2ccc(C)cc2)C1. The smallest absolute Gasteiger partial charge is 0.0639 e. The van der Waals surface area contributed by atoms with Crippen molar-refractivity contribution in [3.05, 3.63) is 95.9 Å². The Morgan fingerprint density at radius 3 is 2.50 bits per heavy atom. The van der Waals surface area contributed by atoms with Gasteiger partial charge in [-0.2, -0.15) is 0 Å². The third kappa shape index (κ3) is 4.59. The van der Waals surface area contributed by atoms with Crippen LogP contribution >= 0.6 is 0 Å². The summed E-state index contributed by atoms with van der Waals surface area (Å²) in [7, 11) is 0. The molecule has 0 aliphatic carbocycles. The molecular weight excluding hydrogens is 294 g/mol. The molecule has 2 rings (SSSR count). The van der Waals surface area contributed by atoms with Crippen LogP contribution in [0.2, 0.25) is 0 Å². The average Bonchev–Trinajstić information content (AvgIpc) is 2.95. The van der Waals surface area contributed by atoms with E-state index in [0.717, 1.165) is 29.1 Å². The van der Waals surface area contributed by atoms with Gasteiger partial charge in [-0.15, -0.1) is 0 Å². The molecule has 0 amide bonds. The first kappa shape index (κ1) is 17.5. The molecule has 0 atom stereocenters. The zero-order valence-corrected chi connectivity index (χ0v) is 14.3. The third-order valence-corrected chi connectivity index (χ3v) is 3.99. The first-order valence-electron chi connectivity index (χ1n) is 7.96. The van der Waals surface area contributed by atoms with Gasteiger partial charge < -0.3 is 10.6 Å². The van der Waals surface area contributed by atoms with E-state index < -0.39 is 0 Å². The minimum Gasteiger partial charge on any atom is -0.400 e. The molecule has 1 aliphatic heterocycles. The molecule has 2 N–H and O–H groups in total. The number of allylic oxidation sites excluding steroid dienone is 4. The Morgan fingerprint density at radius 1 is 1.21 bits per heavy atom. The highest BCUT2D eigenvalue weighted by Gasteiger charge is 2.18. The molecule has 0 radical (unpaired) electrons. The van der Waals surface area contributed by atoms with Crippen molar-refractivity contribution in [2.75, 3.05) is 13.1 Å². The fourth-order valence-corrected chi connectivity index (χ4v) is 2.44. The highest BCUT2D eigenvalue weighted by Crippen LogP contribution is 2.19. The van der Waals surface area contributed by atoms with Crippen LogP contribution in [0.3, 0.4) is 0 Å². The lowest BCUT2D eigenvalue weighted by atomic mass is 10.1. The predicted molar refractivity (Wildman–Crippen MR) is 104 cm³/mol. The fourth-order valence-electron chi connectivity index (χ4n) is 2.44. The molecule has 1 aromatic rings. The summed E-state index contributed by atoms with van der Waals surface area (Å²) in [5, 5.41) is 0. The second-order valence-corrected chi connectivity index (χ2v) is 5.91. The van der Waals surface area contributed by atoms with Crippen molar-refractivity contribution in [2.45, 2.75) is 13.5 Å². The van der Waals surface area contributed by atoms with Gasteiger partial charge in [-0.1, -0.05) is 61.7 Å². The predicted octanol–water partition coefficient (Wildman–Crippen LogP) is 3.91. The van der Waals surface area contributed by atoms with Crippen LogP contribution in [0.15, 0.2) is 89.8 Å². The van der Waals surface area contributed by atoms with Crippen LogP contribution in [0.1, 0.15) is 11.1 Å². The van der Waals surface area contributed by atoms with Gasteiger partial charge in [0.2, 0.25) is 0 Å². The molecule has 1 aliphatic rings. The van der Waals surface area contributed by atoms with E-state index in [1.54, 1.807) is 12.2 Å². The summed E-state index contributed by atoms with van der Waals surface area (Å²) in [4.78, 5) is 6.64. The van der Waals surface area contributed by atoms with Crippen molar-refractivity contribution < 1.29 is 0 Å². The van der Waals surface area contributed by atoms with E-state index in [9.17, 15) is 0 Å². The molecule has 124 valence electrons. The summed E-state index contributed by atoms with van der Waals surface area (Å²) in [5.41, 5.74) is 12.3. The zero-order chi connectivity index (χ0) is 17.5. The van der Waals surface area contributed by atoms with Gasteiger partial charge in [-0.05, 0) is 24.1 Å². The number of nitrogens with two attached hydrogens (primary N) is 1. The van der Waals surface area contributed by atoms with E-state index in [1.165, 1.54) is 11.1 Å². The highest BCUT2D eigenvalue weighted by atomic mass is 15.2. The molecule has 0 spiro atoms. The van der Waals surface area contributed by atoms with E-state index in [0.29, 0.717) is 13.1 Å². The Morgan fingerprint density at radius 2 is 1.88 bits per heavy atom.